The van der Waals surface area contributed by atoms with Gasteiger partial charge in [0.15, 0.2) is 0 Å². The highest BCUT2D eigenvalue weighted by Gasteiger charge is 2.60. The molecule has 3 N–H and O–H groups in total. The van der Waals surface area contributed by atoms with Crippen LogP contribution in [0.5, 0.6) is 0 Å². The van der Waals surface area contributed by atoms with Crippen molar-refractivity contribution in [2.24, 2.45) is 11.8 Å². The van der Waals surface area contributed by atoms with Gasteiger partial charge in [0, 0.05) is 42.8 Å². The van der Waals surface area contributed by atoms with Crippen molar-refractivity contribution in [1.82, 2.24) is 20.4 Å². The zero-order valence-electron chi connectivity index (χ0n) is 17.9. The van der Waals surface area contributed by atoms with Crippen molar-refractivity contribution in [3.63, 3.8) is 0 Å². The van der Waals surface area contributed by atoms with E-state index in [0.717, 1.165) is 0 Å². The van der Waals surface area contributed by atoms with Crippen LogP contribution in [-0.4, -0.2) is 82.6 Å². The van der Waals surface area contributed by atoms with Crippen LogP contribution in [-0.2, 0) is 19.2 Å². The van der Waals surface area contributed by atoms with E-state index in [1.807, 2.05) is 6.92 Å². The lowest BCUT2D eigenvalue weighted by Gasteiger charge is -2.47. The first-order valence-corrected chi connectivity index (χ1v) is 11.0. The maximum atomic E-state index is 12.8. The van der Waals surface area contributed by atoms with Gasteiger partial charge in [-0.3, -0.25) is 14.4 Å². The van der Waals surface area contributed by atoms with Crippen molar-refractivity contribution in [2.45, 2.75) is 50.1 Å². The highest BCUT2D eigenvalue weighted by Crippen LogP contribution is 2.51. The first-order valence-electron chi connectivity index (χ1n) is 10.2. The monoisotopic (exact) mass is 449 g/mol. The number of carboxylic acids is 1. The summed E-state index contributed by atoms with van der Waals surface area (Å²) < 4.78 is 0. The zero-order chi connectivity index (χ0) is 23.0. The number of β-lactam (4-membered cyclic amide) rings is 1. The van der Waals surface area contributed by atoms with E-state index in [9.17, 15) is 24.3 Å². The molecule has 10 nitrogen and oxygen atoms in total. The van der Waals surface area contributed by atoms with Gasteiger partial charge in [0.05, 0.1) is 24.1 Å². The molecule has 3 aliphatic heterocycles. The first kappa shape index (κ1) is 23.1. The number of carbonyl (C=O) groups is 4. The molecule has 31 heavy (non-hydrogen) atoms. The standard InChI is InChI=1S/C20H27N5O5S/c1-9-15-14(10(2)23-13(26)5-6-21)19(28)25(15)16(20(29)30)17(9)31-11-7-12(22-8-11)18(27)24(3)4/h9-12,14-15,22H,5,7-8H2,1-4H3,(H,23,26)(H,29,30)/t9-,10-,11+,12+,14-,15-/m1/s1. The van der Waals surface area contributed by atoms with Crippen molar-refractivity contribution in [2.75, 3.05) is 20.6 Å². The van der Waals surface area contributed by atoms with Crippen LogP contribution in [0.25, 0.3) is 0 Å². The predicted octanol–water partition coefficient (Wildman–Crippen LogP) is -0.270. The van der Waals surface area contributed by atoms with E-state index in [2.05, 4.69) is 10.6 Å². The van der Waals surface area contributed by atoms with E-state index in [-0.39, 0.29) is 47.2 Å². The molecule has 2 saturated heterocycles. The largest absolute Gasteiger partial charge is 0.477 e. The average molecular weight is 450 g/mol. The summed E-state index contributed by atoms with van der Waals surface area (Å²) in [5, 5.41) is 24.4. The Morgan fingerprint density at radius 1 is 1.42 bits per heavy atom. The maximum absolute atomic E-state index is 12.8. The van der Waals surface area contributed by atoms with Gasteiger partial charge in [0.2, 0.25) is 17.7 Å². The van der Waals surface area contributed by atoms with Gasteiger partial charge in [-0.15, -0.1) is 11.8 Å². The van der Waals surface area contributed by atoms with Crippen LogP contribution in [0.15, 0.2) is 10.6 Å². The molecule has 3 aliphatic rings. The minimum absolute atomic E-state index is 0.00156. The third-order valence-corrected chi connectivity index (χ3v) is 7.59. The molecule has 0 unspecified atom stereocenters. The molecular formula is C20H27N5O5S. The number of nitriles is 1. The Balaban J connectivity index is 1.75. The van der Waals surface area contributed by atoms with Crippen LogP contribution >= 0.6 is 11.8 Å². The quantitative estimate of drug-likeness (QED) is 0.451. The predicted molar refractivity (Wildman–Crippen MR) is 112 cm³/mol. The molecule has 0 saturated carbocycles. The summed E-state index contributed by atoms with van der Waals surface area (Å²) in [6, 6.07) is 0.604. The Kier molecular flexibility index (Phi) is 6.62. The van der Waals surface area contributed by atoms with Gasteiger partial charge >= 0.3 is 5.97 Å². The lowest BCUT2D eigenvalue weighted by Crippen LogP contribution is -2.66. The number of likely N-dealkylation sites (N-methyl/N-ethyl adjacent to an activating group) is 1. The van der Waals surface area contributed by atoms with E-state index in [4.69, 9.17) is 5.26 Å². The molecule has 3 amide bonds. The second kappa shape index (κ2) is 8.88. The number of nitrogens with zero attached hydrogens (tertiary/aromatic N) is 3. The Morgan fingerprint density at radius 2 is 2.10 bits per heavy atom. The van der Waals surface area contributed by atoms with Gasteiger partial charge < -0.3 is 25.5 Å². The summed E-state index contributed by atoms with van der Waals surface area (Å²) in [4.78, 5) is 52.3. The number of amides is 3. The minimum atomic E-state index is -1.16. The van der Waals surface area contributed by atoms with Crippen molar-refractivity contribution in [1.29, 1.82) is 5.26 Å². The smallest absolute Gasteiger partial charge is 0.353 e. The molecule has 6 atom stereocenters. The van der Waals surface area contributed by atoms with Gasteiger partial charge in [-0.2, -0.15) is 5.26 Å². The Bertz CT molecular complexity index is 882. The summed E-state index contributed by atoms with van der Waals surface area (Å²) in [6.45, 7) is 4.16. The number of fused-ring (bicyclic) bond motifs is 1. The summed E-state index contributed by atoms with van der Waals surface area (Å²) in [6.07, 6.45) is 0.282. The van der Waals surface area contributed by atoms with Gasteiger partial charge in [-0.05, 0) is 13.3 Å². The maximum Gasteiger partial charge on any atom is 0.353 e. The molecule has 11 heteroatoms. The second-order valence-corrected chi connectivity index (χ2v) is 9.73. The highest BCUT2D eigenvalue weighted by molar-refractivity contribution is 8.03. The number of thioether (sulfide) groups is 1. The van der Waals surface area contributed by atoms with E-state index in [1.54, 1.807) is 27.1 Å². The summed E-state index contributed by atoms with van der Waals surface area (Å²) in [7, 11) is 3.39. The van der Waals surface area contributed by atoms with Crippen LogP contribution < -0.4 is 10.6 Å². The lowest BCUT2D eigenvalue weighted by atomic mass is 9.78. The Labute approximate surface area is 185 Å². The number of rotatable bonds is 7. The van der Waals surface area contributed by atoms with Crippen molar-refractivity contribution in [3.05, 3.63) is 10.6 Å². The summed E-state index contributed by atoms with van der Waals surface area (Å²) in [5.74, 6) is -2.72. The molecule has 0 radical (unpaired) electrons. The number of aliphatic carboxylic acids is 1. The second-order valence-electron chi connectivity index (χ2n) is 8.39. The fourth-order valence-electron chi connectivity index (χ4n) is 4.64. The molecule has 0 bridgehead atoms. The molecule has 0 aromatic carbocycles. The third kappa shape index (κ3) is 4.14. The van der Waals surface area contributed by atoms with E-state index < -0.39 is 23.8 Å². The minimum Gasteiger partial charge on any atom is -0.477 e. The van der Waals surface area contributed by atoms with Crippen LogP contribution in [0.2, 0.25) is 0 Å². The number of nitrogens with one attached hydrogen (secondary N) is 2. The zero-order valence-corrected chi connectivity index (χ0v) is 18.7. The van der Waals surface area contributed by atoms with Crippen LogP contribution in [0.4, 0.5) is 0 Å². The molecule has 0 aliphatic carbocycles. The number of carboxylic acid groups (broad SMARTS) is 1. The normalized spacial score (nSPS) is 30.4. The number of hydrogen-bond acceptors (Lipinski definition) is 7. The SMILES string of the molecule is C[C@@H](NC(=O)CC#N)[C@H]1C(=O)N2C(C(=O)O)=C(S[C@@H]3CN[C@H](C(=O)N(C)C)C3)[C@H](C)[C@H]12. The Morgan fingerprint density at radius 3 is 2.68 bits per heavy atom. The van der Waals surface area contributed by atoms with E-state index in [0.29, 0.717) is 17.9 Å². The lowest BCUT2D eigenvalue weighted by molar-refractivity contribution is -0.158. The fourth-order valence-corrected chi connectivity index (χ4v) is 6.11. The fraction of sp³-hybridized carbons (Fsp3) is 0.650. The first-order chi connectivity index (χ1) is 14.6. The van der Waals surface area contributed by atoms with E-state index >= 15 is 0 Å². The summed E-state index contributed by atoms with van der Waals surface area (Å²) >= 11 is 1.42. The van der Waals surface area contributed by atoms with Gasteiger partial charge in [-0.25, -0.2) is 4.79 Å². The van der Waals surface area contributed by atoms with E-state index in [1.165, 1.54) is 21.6 Å². The van der Waals surface area contributed by atoms with Crippen molar-refractivity contribution >= 4 is 35.5 Å². The van der Waals surface area contributed by atoms with Gasteiger partial charge in [0.1, 0.15) is 12.1 Å². The third-order valence-electron chi connectivity index (χ3n) is 6.08. The van der Waals surface area contributed by atoms with Gasteiger partial charge in [0.25, 0.3) is 0 Å². The molecule has 168 valence electrons. The van der Waals surface area contributed by atoms with Crippen LogP contribution in [0, 0.1) is 23.2 Å². The number of hydrogen-bond donors (Lipinski definition) is 3. The average Bonchev–Trinajstić information content (AvgIpc) is 3.23. The Hall–Kier alpha value is -2.58. The highest BCUT2D eigenvalue weighted by atomic mass is 32.2. The molecule has 0 spiro atoms. The topological polar surface area (TPSA) is 143 Å². The molecule has 3 rings (SSSR count). The van der Waals surface area contributed by atoms with Gasteiger partial charge in [-0.1, -0.05) is 6.92 Å². The number of carbonyl (C=O) groups excluding carboxylic acids is 3. The van der Waals surface area contributed by atoms with Crippen molar-refractivity contribution in [3.8, 4) is 6.07 Å². The molecular weight excluding hydrogens is 422 g/mol. The molecule has 0 aromatic heterocycles. The van der Waals surface area contributed by atoms with Crippen LogP contribution in [0.3, 0.4) is 0 Å². The van der Waals surface area contributed by atoms with Crippen LogP contribution in [0.1, 0.15) is 26.7 Å². The molecule has 0 aromatic rings. The molecule has 3 heterocycles. The van der Waals surface area contributed by atoms with Crippen molar-refractivity contribution < 1.29 is 24.3 Å². The molecule has 2 fully saturated rings. The summed E-state index contributed by atoms with van der Waals surface area (Å²) in [5.41, 5.74) is 0.00156.